The van der Waals surface area contributed by atoms with E-state index in [2.05, 4.69) is 32.6 Å². The third kappa shape index (κ3) is 5.32. The van der Waals surface area contributed by atoms with Crippen molar-refractivity contribution in [2.24, 2.45) is 5.92 Å². The molecule has 0 aliphatic carbocycles. The van der Waals surface area contributed by atoms with Gasteiger partial charge in [0.15, 0.2) is 0 Å². The molecule has 0 saturated heterocycles. The van der Waals surface area contributed by atoms with Crippen LogP contribution in [-0.4, -0.2) is 26.2 Å². The molecule has 1 unspecified atom stereocenters. The normalized spacial score (nSPS) is 12.2. The van der Waals surface area contributed by atoms with E-state index in [1.807, 2.05) is 6.92 Å². The zero-order valence-electron chi connectivity index (χ0n) is 7.39. The number of rotatable bonds is 5. The van der Waals surface area contributed by atoms with Crippen molar-refractivity contribution < 1.29 is 9.53 Å². The fraction of sp³-hybridized carbons (Fsp3) is 0.625. The first-order valence-electron chi connectivity index (χ1n) is 3.69. The quantitative estimate of drug-likeness (QED) is 0.731. The Kier molecular flexibility index (Phi) is 6.02. The minimum atomic E-state index is -0.192. The van der Waals surface area contributed by atoms with Gasteiger partial charge in [0.25, 0.3) is 0 Å². The number of hydrogen-bond acceptors (Lipinski definition) is 3. The summed E-state index contributed by atoms with van der Waals surface area (Å²) in [5.41, 5.74) is 0. The minimum absolute atomic E-state index is 0.109. The summed E-state index contributed by atoms with van der Waals surface area (Å²) in [7, 11) is 1.39. The van der Waals surface area contributed by atoms with Crippen LogP contribution in [0.15, 0.2) is 11.1 Å². The lowest BCUT2D eigenvalue weighted by Gasteiger charge is -2.09. The molecule has 12 heavy (non-hydrogen) atoms. The van der Waals surface area contributed by atoms with Crippen molar-refractivity contribution in [1.29, 1.82) is 0 Å². The van der Waals surface area contributed by atoms with Gasteiger partial charge in [-0.2, -0.15) is 0 Å². The summed E-state index contributed by atoms with van der Waals surface area (Å²) in [6, 6.07) is 0. The van der Waals surface area contributed by atoms with Crippen LogP contribution in [0, 0.1) is 5.92 Å². The molecular formula is C8H14BrNO2. The Labute approximate surface area is 81.3 Å². The first-order chi connectivity index (χ1) is 5.57. The maximum absolute atomic E-state index is 10.9. The molecule has 0 fully saturated rings. The average Bonchev–Trinajstić information content (AvgIpc) is 2.02. The topological polar surface area (TPSA) is 38.3 Å². The van der Waals surface area contributed by atoms with Gasteiger partial charge in [-0.05, 0) is 0 Å². The molecule has 3 nitrogen and oxygen atoms in total. The zero-order valence-corrected chi connectivity index (χ0v) is 8.98. The Balaban J connectivity index is 3.50. The third-order valence-corrected chi connectivity index (χ3v) is 1.65. The third-order valence-electron chi connectivity index (χ3n) is 1.37. The summed E-state index contributed by atoms with van der Waals surface area (Å²) in [6.07, 6.45) is 0. The summed E-state index contributed by atoms with van der Waals surface area (Å²) in [5, 5.41) is 3.05. The molecule has 0 aromatic carbocycles. The van der Waals surface area contributed by atoms with Crippen molar-refractivity contribution in [1.82, 2.24) is 5.32 Å². The molecule has 0 rings (SSSR count). The van der Waals surface area contributed by atoms with E-state index < -0.39 is 0 Å². The largest absolute Gasteiger partial charge is 0.469 e. The van der Waals surface area contributed by atoms with Crippen LogP contribution in [0.5, 0.6) is 0 Å². The number of ether oxygens (including phenoxy) is 1. The Morgan fingerprint density at radius 2 is 2.33 bits per heavy atom. The summed E-state index contributed by atoms with van der Waals surface area (Å²) >= 11 is 3.21. The summed E-state index contributed by atoms with van der Waals surface area (Å²) in [6.45, 7) is 6.75. The molecule has 0 aromatic rings. The van der Waals surface area contributed by atoms with Crippen molar-refractivity contribution in [3.05, 3.63) is 11.1 Å². The maximum Gasteiger partial charge on any atom is 0.309 e. The molecule has 0 spiro atoms. The average molecular weight is 236 g/mol. The highest BCUT2D eigenvalue weighted by atomic mass is 79.9. The number of carbonyl (C=O) groups excluding carboxylic acids is 1. The fourth-order valence-corrected chi connectivity index (χ4v) is 0.907. The van der Waals surface area contributed by atoms with Crippen LogP contribution < -0.4 is 5.32 Å². The Morgan fingerprint density at radius 1 is 1.75 bits per heavy atom. The summed E-state index contributed by atoms with van der Waals surface area (Å²) in [5.74, 6) is -0.301. The molecule has 70 valence electrons. The van der Waals surface area contributed by atoms with Crippen molar-refractivity contribution in [2.75, 3.05) is 20.2 Å². The van der Waals surface area contributed by atoms with E-state index >= 15 is 0 Å². The van der Waals surface area contributed by atoms with Gasteiger partial charge in [0.05, 0.1) is 13.0 Å². The molecule has 0 aliphatic rings. The Bertz CT molecular complexity index is 170. The van der Waals surface area contributed by atoms with Crippen LogP contribution in [-0.2, 0) is 9.53 Å². The van der Waals surface area contributed by atoms with E-state index in [9.17, 15) is 4.79 Å². The highest BCUT2D eigenvalue weighted by Gasteiger charge is 2.11. The summed E-state index contributed by atoms with van der Waals surface area (Å²) < 4.78 is 5.43. The number of methoxy groups -OCH3 is 1. The molecule has 0 aliphatic heterocycles. The lowest BCUT2D eigenvalue weighted by atomic mass is 10.2. The molecule has 0 aromatic heterocycles. The van der Waals surface area contributed by atoms with Crippen molar-refractivity contribution in [3.8, 4) is 0 Å². The van der Waals surface area contributed by atoms with Crippen LogP contribution in [0.4, 0.5) is 0 Å². The van der Waals surface area contributed by atoms with Gasteiger partial charge >= 0.3 is 5.97 Å². The van der Waals surface area contributed by atoms with Crippen molar-refractivity contribution in [2.45, 2.75) is 6.92 Å². The second-order valence-electron chi connectivity index (χ2n) is 2.57. The van der Waals surface area contributed by atoms with Crippen LogP contribution in [0.25, 0.3) is 0 Å². The molecule has 0 saturated carbocycles. The number of hydrogen-bond donors (Lipinski definition) is 1. The van der Waals surface area contributed by atoms with E-state index in [0.717, 1.165) is 4.48 Å². The van der Waals surface area contributed by atoms with Gasteiger partial charge in [0.1, 0.15) is 0 Å². The second-order valence-corrected chi connectivity index (χ2v) is 3.69. The highest BCUT2D eigenvalue weighted by molar-refractivity contribution is 9.11. The van der Waals surface area contributed by atoms with Crippen LogP contribution >= 0.6 is 15.9 Å². The smallest absolute Gasteiger partial charge is 0.309 e. The zero-order chi connectivity index (χ0) is 9.56. The Morgan fingerprint density at radius 3 is 2.75 bits per heavy atom. The van der Waals surface area contributed by atoms with Gasteiger partial charge in [0.2, 0.25) is 0 Å². The van der Waals surface area contributed by atoms with Crippen LogP contribution in [0.1, 0.15) is 6.92 Å². The number of esters is 1. The molecule has 1 atom stereocenters. The van der Waals surface area contributed by atoms with E-state index in [1.54, 1.807) is 0 Å². The van der Waals surface area contributed by atoms with Crippen molar-refractivity contribution in [3.63, 3.8) is 0 Å². The first kappa shape index (κ1) is 11.6. The molecular weight excluding hydrogens is 222 g/mol. The van der Waals surface area contributed by atoms with E-state index in [-0.39, 0.29) is 11.9 Å². The van der Waals surface area contributed by atoms with Gasteiger partial charge in [-0.15, -0.1) is 0 Å². The van der Waals surface area contributed by atoms with Gasteiger partial charge in [-0.3, -0.25) is 4.79 Å². The second kappa shape index (κ2) is 6.20. The highest BCUT2D eigenvalue weighted by Crippen LogP contribution is 1.99. The molecule has 4 heteroatoms. The molecule has 1 N–H and O–H groups in total. The fourth-order valence-electron chi connectivity index (χ4n) is 0.709. The summed E-state index contributed by atoms with van der Waals surface area (Å²) in [4.78, 5) is 10.9. The first-order valence-corrected chi connectivity index (χ1v) is 4.49. The molecule has 0 radical (unpaired) electrons. The van der Waals surface area contributed by atoms with Crippen molar-refractivity contribution >= 4 is 21.9 Å². The Hall–Kier alpha value is -0.350. The lowest BCUT2D eigenvalue weighted by Crippen LogP contribution is -2.27. The number of carbonyl (C=O) groups is 1. The predicted molar refractivity (Wildman–Crippen MR) is 52.1 cm³/mol. The molecule has 0 bridgehead atoms. The van der Waals surface area contributed by atoms with Gasteiger partial charge in [-0.25, -0.2) is 0 Å². The van der Waals surface area contributed by atoms with Crippen LogP contribution in [0.2, 0.25) is 0 Å². The van der Waals surface area contributed by atoms with E-state index in [4.69, 9.17) is 0 Å². The SMILES string of the molecule is C=C(Br)CNCC(C)C(=O)OC. The monoisotopic (exact) mass is 235 g/mol. The number of nitrogens with one attached hydrogen (secondary N) is 1. The lowest BCUT2D eigenvalue weighted by molar-refractivity contribution is -0.144. The molecule has 0 heterocycles. The predicted octanol–water partition coefficient (Wildman–Crippen LogP) is 1.29. The van der Waals surface area contributed by atoms with E-state index in [0.29, 0.717) is 13.1 Å². The van der Waals surface area contributed by atoms with Crippen LogP contribution in [0.3, 0.4) is 0 Å². The van der Waals surface area contributed by atoms with Gasteiger partial charge in [-0.1, -0.05) is 29.4 Å². The number of halogens is 1. The maximum atomic E-state index is 10.9. The van der Waals surface area contributed by atoms with Gasteiger partial charge < -0.3 is 10.1 Å². The molecule has 0 amide bonds. The standard InChI is InChI=1S/C8H14BrNO2/c1-6(8(11)12-3)4-10-5-7(2)9/h6,10H,2,4-5H2,1,3H3. The van der Waals surface area contributed by atoms with Gasteiger partial charge in [0, 0.05) is 17.6 Å². The van der Waals surface area contributed by atoms with E-state index in [1.165, 1.54) is 7.11 Å². The minimum Gasteiger partial charge on any atom is -0.469 e.